The predicted octanol–water partition coefficient (Wildman–Crippen LogP) is 2.77. The third-order valence-electron chi connectivity index (χ3n) is 5.41. The van der Waals surface area contributed by atoms with Gasteiger partial charge in [0.15, 0.2) is 0 Å². The lowest BCUT2D eigenvalue weighted by Gasteiger charge is -2.05. The second-order valence-electron chi connectivity index (χ2n) is 7.59. The Kier molecular flexibility index (Phi) is 4.82. The summed E-state index contributed by atoms with van der Waals surface area (Å²) in [4.78, 5) is 44.2. The van der Waals surface area contributed by atoms with E-state index in [1.54, 1.807) is 16.7 Å². The number of pyridine rings is 2. The minimum absolute atomic E-state index is 0.0496. The van der Waals surface area contributed by atoms with Crippen molar-refractivity contribution in [1.29, 1.82) is 0 Å². The molecule has 0 bridgehead atoms. The van der Waals surface area contributed by atoms with E-state index in [4.69, 9.17) is 5.73 Å². The van der Waals surface area contributed by atoms with Crippen LogP contribution in [-0.2, 0) is 6.54 Å². The van der Waals surface area contributed by atoms with Crippen molar-refractivity contribution in [2.75, 3.05) is 0 Å². The molecule has 1 amide bonds. The minimum atomic E-state index is -1.34. The molecule has 170 valence electrons. The van der Waals surface area contributed by atoms with Gasteiger partial charge in [-0.15, -0.1) is 0 Å². The first-order valence-corrected chi connectivity index (χ1v) is 9.90. The average molecular weight is 465 g/mol. The molecule has 0 fully saturated rings. The fourth-order valence-corrected chi connectivity index (χ4v) is 3.81. The molecule has 0 aliphatic carbocycles. The number of nitrogens with zero attached hydrogens (tertiary/aromatic N) is 3. The molecule has 5 aromatic rings. The number of aromatic nitrogens is 4. The Hall–Kier alpha value is -4.67. The molecule has 4 heterocycles. The van der Waals surface area contributed by atoms with Gasteiger partial charge < -0.3 is 19.7 Å². The van der Waals surface area contributed by atoms with E-state index in [1.165, 1.54) is 35.3 Å². The van der Waals surface area contributed by atoms with Gasteiger partial charge in [-0.3, -0.25) is 14.4 Å². The summed E-state index contributed by atoms with van der Waals surface area (Å²) in [6, 6.07) is 5.45. The summed E-state index contributed by atoms with van der Waals surface area (Å²) in [7, 11) is 0. The van der Waals surface area contributed by atoms with Crippen molar-refractivity contribution in [3.05, 3.63) is 105 Å². The van der Waals surface area contributed by atoms with E-state index in [0.717, 1.165) is 0 Å². The fourth-order valence-electron chi connectivity index (χ4n) is 3.81. The van der Waals surface area contributed by atoms with Crippen LogP contribution in [0.3, 0.4) is 0 Å². The van der Waals surface area contributed by atoms with Crippen LogP contribution in [0.15, 0.2) is 59.9 Å². The van der Waals surface area contributed by atoms with Crippen LogP contribution in [-0.4, -0.2) is 30.6 Å². The number of carbonyl (C=O) groups excluding carboxylic acids is 2. The summed E-state index contributed by atoms with van der Waals surface area (Å²) < 4.78 is 44.3. The smallest absolute Gasteiger partial charge is 0.275 e. The number of primary amides is 1. The summed E-state index contributed by atoms with van der Waals surface area (Å²) in [6.07, 6.45) is 5.77. The lowest BCUT2D eigenvalue weighted by molar-refractivity contribution is 0.0997. The third kappa shape index (κ3) is 3.43. The zero-order chi connectivity index (χ0) is 24.1. The molecule has 5 rings (SSSR count). The van der Waals surface area contributed by atoms with E-state index in [1.807, 2.05) is 0 Å². The van der Waals surface area contributed by atoms with E-state index < -0.39 is 40.3 Å². The van der Waals surface area contributed by atoms with Crippen LogP contribution in [0.4, 0.5) is 13.2 Å². The topological polar surface area (TPSA) is 115 Å². The Bertz CT molecular complexity index is 1680. The molecule has 11 heteroatoms. The summed E-state index contributed by atoms with van der Waals surface area (Å²) >= 11 is 0. The minimum Gasteiger partial charge on any atom is -0.366 e. The number of amides is 1. The molecule has 0 radical (unpaired) electrons. The van der Waals surface area contributed by atoms with Crippen molar-refractivity contribution >= 4 is 28.2 Å². The van der Waals surface area contributed by atoms with Crippen molar-refractivity contribution < 1.29 is 22.8 Å². The standard InChI is InChI=1S/C23H14F3N5O3/c24-12-5-16(25)19(17(26)6-12)21(32)15-7-28-20-14(15)3-4-30(23(20)34)9-13-10-31-8-11(22(27)33)1-2-18(31)29-13/h1-8,10,28H,9H2,(H2,27,33). The molecule has 0 unspecified atom stereocenters. The molecule has 3 N–H and O–H groups in total. The predicted molar refractivity (Wildman–Crippen MR) is 115 cm³/mol. The van der Waals surface area contributed by atoms with Crippen LogP contribution in [0.2, 0.25) is 0 Å². The number of benzene rings is 1. The number of rotatable bonds is 5. The molecular formula is C23H14F3N5O3. The number of halogens is 3. The number of nitrogens with one attached hydrogen (secondary N) is 1. The Morgan fingerprint density at radius 2 is 1.79 bits per heavy atom. The highest BCUT2D eigenvalue weighted by Gasteiger charge is 2.24. The first-order valence-electron chi connectivity index (χ1n) is 9.90. The molecule has 0 aliphatic heterocycles. The normalized spacial score (nSPS) is 11.4. The van der Waals surface area contributed by atoms with Crippen molar-refractivity contribution in [2.45, 2.75) is 6.54 Å². The fraction of sp³-hybridized carbons (Fsp3) is 0.0435. The molecular weight excluding hydrogens is 451 g/mol. The van der Waals surface area contributed by atoms with E-state index in [9.17, 15) is 27.6 Å². The van der Waals surface area contributed by atoms with E-state index in [-0.39, 0.29) is 23.0 Å². The maximum atomic E-state index is 14.1. The summed E-state index contributed by atoms with van der Waals surface area (Å²) in [6.45, 7) is 0.0753. The largest absolute Gasteiger partial charge is 0.366 e. The lowest BCUT2D eigenvalue weighted by atomic mass is 10.0. The second-order valence-corrected chi connectivity index (χ2v) is 7.59. The molecule has 0 saturated heterocycles. The zero-order valence-corrected chi connectivity index (χ0v) is 17.2. The number of hydrogen-bond acceptors (Lipinski definition) is 4. The molecule has 0 aliphatic rings. The number of carbonyl (C=O) groups is 2. The molecule has 8 nitrogen and oxygen atoms in total. The Morgan fingerprint density at radius 3 is 2.50 bits per heavy atom. The van der Waals surface area contributed by atoms with E-state index in [0.29, 0.717) is 29.0 Å². The first-order chi connectivity index (χ1) is 16.2. The molecule has 4 aromatic heterocycles. The highest BCUT2D eigenvalue weighted by atomic mass is 19.1. The summed E-state index contributed by atoms with van der Waals surface area (Å²) in [5.41, 5.74) is 5.16. The second kappa shape index (κ2) is 7.73. The monoisotopic (exact) mass is 465 g/mol. The first kappa shape index (κ1) is 21.2. The van der Waals surface area contributed by atoms with Crippen molar-refractivity contribution in [3.63, 3.8) is 0 Å². The van der Waals surface area contributed by atoms with Gasteiger partial charge in [-0.05, 0) is 18.2 Å². The van der Waals surface area contributed by atoms with Gasteiger partial charge in [0.2, 0.25) is 11.7 Å². The van der Waals surface area contributed by atoms with Crippen LogP contribution in [0, 0.1) is 17.5 Å². The van der Waals surface area contributed by atoms with Gasteiger partial charge in [0.05, 0.1) is 23.4 Å². The van der Waals surface area contributed by atoms with Crippen molar-refractivity contribution in [3.8, 4) is 0 Å². The lowest BCUT2D eigenvalue weighted by Crippen LogP contribution is -2.20. The highest BCUT2D eigenvalue weighted by molar-refractivity contribution is 6.16. The summed E-state index contributed by atoms with van der Waals surface area (Å²) in [5, 5.41) is 0.162. The van der Waals surface area contributed by atoms with Gasteiger partial charge >= 0.3 is 0 Å². The number of fused-ring (bicyclic) bond motifs is 2. The quantitative estimate of drug-likeness (QED) is 0.389. The van der Waals surface area contributed by atoms with Crippen LogP contribution in [0.5, 0.6) is 0 Å². The van der Waals surface area contributed by atoms with Crippen LogP contribution in [0.25, 0.3) is 16.6 Å². The van der Waals surface area contributed by atoms with Gasteiger partial charge in [0.25, 0.3) is 5.56 Å². The van der Waals surface area contributed by atoms with E-state index in [2.05, 4.69) is 9.97 Å². The number of ketones is 1. The summed E-state index contributed by atoms with van der Waals surface area (Å²) in [5.74, 6) is -5.43. The molecule has 0 saturated carbocycles. The SMILES string of the molecule is NC(=O)c1ccc2nc(Cn3ccc4c(C(=O)c5c(F)cc(F)cc5F)c[nH]c4c3=O)cn2c1. The number of aromatic amines is 1. The third-order valence-corrected chi connectivity index (χ3v) is 5.41. The van der Waals surface area contributed by atoms with Crippen LogP contribution < -0.4 is 11.3 Å². The average Bonchev–Trinajstić information content (AvgIpc) is 3.38. The van der Waals surface area contributed by atoms with Crippen LogP contribution in [0.1, 0.15) is 32.0 Å². The Balaban J connectivity index is 1.51. The van der Waals surface area contributed by atoms with Gasteiger partial charge in [0, 0.05) is 47.9 Å². The van der Waals surface area contributed by atoms with Crippen LogP contribution >= 0.6 is 0 Å². The number of hydrogen-bond donors (Lipinski definition) is 2. The Morgan fingerprint density at radius 1 is 1.06 bits per heavy atom. The van der Waals surface area contributed by atoms with E-state index >= 15 is 0 Å². The number of imidazole rings is 1. The maximum absolute atomic E-state index is 14.1. The van der Waals surface area contributed by atoms with Gasteiger partial charge in [0.1, 0.15) is 28.6 Å². The molecule has 0 atom stereocenters. The highest BCUT2D eigenvalue weighted by Crippen LogP contribution is 2.23. The molecule has 34 heavy (non-hydrogen) atoms. The van der Waals surface area contributed by atoms with Gasteiger partial charge in [-0.2, -0.15) is 0 Å². The number of nitrogens with two attached hydrogens (primary N) is 1. The van der Waals surface area contributed by atoms with Gasteiger partial charge in [-0.25, -0.2) is 18.2 Å². The Labute approximate surface area is 188 Å². The molecule has 0 spiro atoms. The number of H-pyrrole nitrogens is 1. The van der Waals surface area contributed by atoms with Gasteiger partial charge in [-0.1, -0.05) is 0 Å². The van der Waals surface area contributed by atoms with Crippen molar-refractivity contribution in [2.24, 2.45) is 5.73 Å². The zero-order valence-electron chi connectivity index (χ0n) is 17.2. The van der Waals surface area contributed by atoms with Crippen molar-refractivity contribution in [1.82, 2.24) is 18.9 Å². The maximum Gasteiger partial charge on any atom is 0.275 e. The molecule has 1 aromatic carbocycles.